The van der Waals surface area contributed by atoms with Crippen LogP contribution in [-0.2, 0) is 0 Å². The van der Waals surface area contributed by atoms with Gasteiger partial charge >= 0.3 is 0 Å². The molecule has 0 saturated heterocycles. The fraction of sp³-hybridized carbons (Fsp3) is 1.00. The lowest BCUT2D eigenvalue weighted by Crippen LogP contribution is -2.01. The highest BCUT2D eigenvalue weighted by Gasteiger charge is 2.08. The lowest BCUT2D eigenvalue weighted by Gasteiger charge is -2.16. The Balaban J connectivity index is 3.38. The van der Waals surface area contributed by atoms with Crippen molar-refractivity contribution in [3.63, 3.8) is 0 Å². The van der Waals surface area contributed by atoms with Crippen molar-refractivity contribution in [3.8, 4) is 0 Å². The van der Waals surface area contributed by atoms with Crippen LogP contribution in [0.1, 0.15) is 310 Å². The van der Waals surface area contributed by atoms with E-state index in [1.807, 2.05) is 0 Å². The van der Waals surface area contributed by atoms with Crippen LogP contribution in [0.3, 0.4) is 0 Å². The molecule has 0 rings (SSSR count). The van der Waals surface area contributed by atoms with Crippen LogP contribution in [0.2, 0.25) is 0 Å². The first-order valence-corrected chi connectivity index (χ1v) is 24.3. The summed E-state index contributed by atoms with van der Waals surface area (Å²) >= 11 is 0. The summed E-state index contributed by atoms with van der Waals surface area (Å²) in [6, 6.07) is 0. The summed E-state index contributed by atoms with van der Waals surface area (Å²) in [6.45, 7) is 7.01. The van der Waals surface area contributed by atoms with Gasteiger partial charge in [-0.05, 0) is 5.92 Å². The fourth-order valence-electron chi connectivity index (χ4n) is 8.30. The van der Waals surface area contributed by atoms with Crippen LogP contribution in [0.25, 0.3) is 0 Å². The van der Waals surface area contributed by atoms with Crippen LogP contribution >= 0.6 is 0 Å². The van der Waals surface area contributed by atoms with E-state index in [1.165, 1.54) is 289 Å². The summed E-state index contributed by atoms with van der Waals surface area (Å²) < 4.78 is 0. The molecule has 0 aliphatic rings. The summed E-state index contributed by atoms with van der Waals surface area (Å²) in [5.74, 6) is 1.03. The van der Waals surface area contributed by atoms with Gasteiger partial charge in [-0.3, -0.25) is 0 Å². The average molecular weight is 689 g/mol. The zero-order valence-electron chi connectivity index (χ0n) is 35.4. The largest absolute Gasteiger partial charge is 0.0654 e. The Kier molecular flexibility index (Phi) is 46.0. The molecular weight excluding hydrogens is 589 g/mol. The molecule has 0 amide bonds. The van der Waals surface area contributed by atoms with Gasteiger partial charge in [-0.1, -0.05) is 310 Å². The third-order valence-corrected chi connectivity index (χ3v) is 11.9. The molecule has 0 heterocycles. The van der Waals surface area contributed by atoms with Crippen LogP contribution in [0, 0.1) is 5.92 Å². The minimum absolute atomic E-state index is 1.03. The normalized spacial score (nSPS) is 12.3. The van der Waals surface area contributed by atoms with Crippen molar-refractivity contribution in [2.75, 3.05) is 0 Å². The molecule has 0 aliphatic heterocycles. The van der Waals surface area contributed by atoms with E-state index in [0.29, 0.717) is 0 Å². The van der Waals surface area contributed by atoms with Crippen molar-refractivity contribution >= 4 is 0 Å². The fourth-order valence-corrected chi connectivity index (χ4v) is 8.30. The van der Waals surface area contributed by atoms with Crippen molar-refractivity contribution in [2.24, 2.45) is 5.92 Å². The summed E-state index contributed by atoms with van der Waals surface area (Å²) in [7, 11) is 0. The monoisotopic (exact) mass is 689 g/mol. The molecule has 0 aliphatic carbocycles. The third-order valence-electron chi connectivity index (χ3n) is 11.9. The van der Waals surface area contributed by atoms with Crippen LogP contribution in [0.15, 0.2) is 0 Å². The highest BCUT2D eigenvalue weighted by Crippen LogP contribution is 2.24. The van der Waals surface area contributed by atoms with Gasteiger partial charge in [-0.2, -0.15) is 0 Å². The molecule has 0 fully saturated rings. The molecule has 0 spiro atoms. The number of hydrogen-bond donors (Lipinski definition) is 0. The molecule has 0 nitrogen and oxygen atoms in total. The molecule has 0 N–H and O–H groups in total. The quantitative estimate of drug-likeness (QED) is 0.0559. The molecule has 0 saturated carbocycles. The smallest absolute Gasteiger partial charge is 0.0414 e. The van der Waals surface area contributed by atoms with Gasteiger partial charge in [0.25, 0.3) is 0 Å². The second-order valence-electron chi connectivity index (χ2n) is 17.0. The molecule has 296 valence electrons. The van der Waals surface area contributed by atoms with Gasteiger partial charge in [0.2, 0.25) is 0 Å². The summed E-state index contributed by atoms with van der Waals surface area (Å²) in [5, 5.41) is 0. The Bertz CT molecular complexity index is 536. The van der Waals surface area contributed by atoms with E-state index in [9.17, 15) is 0 Å². The van der Waals surface area contributed by atoms with E-state index in [1.54, 1.807) is 0 Å². The van der Waals surface area contributed by atoms with Crippen molar-refractivity contribution in [1.82, 2.24) is 0 Å². The van der Waals surface area contributed by atoms with Gasteiger partial charge < -0.3 is 0 Å². The molecule has 49 heavy (non-hydrogen) atoms. The second kappa shape index (κ2) is 46.0. The lowest BCUT2D eigenvalue weighted by molar-refractivity contribution is 0.370. The van der Waals surface area contributed by atoms with Gasteiger partial charge in [0, 0.05) is 0 Å². The average Bonchev–Trinajstić information content (AvgIpc) is 3.11. The number of rotatable bonds is 45. The Labute approximate surface area is 314 Å². The SMILES string of the molecule is CCCCCCCCCCCCCCCCCCCCCCCCCCCC(CCCC)CCCCCCCCCCCCCCCCC. The standard InChI is InChI=1S/C49H100/c1-4-7-10-12-14-16-18-20-22-23-24-25-26-27-28-29-30-31-33-35-37-39-41-43-45-48-49(46-9-6-3)47-44-42-40-38-36-34-32-21-19-17-15-13-11-8-5-2/h49H,4-48H2,1-3H3. The molecular formula is C49H100. The minimum atomic E-state index is 1.03. The van der Waals surface area contributed by atoms with Crippen LogP contribution in [0.5, 0.6) is 0 Å². The lowest BCUT2D eigenvalue weighted by atomic mass is 9.90. The van der Waals surface area contributed by atoms with Gasteiger partial charge in [0.1, 0.15) is 0 Å². The molecule has 0 aromatic heterocycles. The van der Waals surface area contributed by atoms with Gasteiger partial charge in [0.05, 0.1) is 0 Å². The third kappa shape index (κ3) is 44.1. The summed E-state index contributed by atoms with van der Waals surface area (Å²) in [5.41, 5.74) is 0. The van der Waals surface area contributed by atoms with Crippen LogP contribution < -0.4 is 0 Å². The van der Waals surface area contributed by atoms with E-state index < -0.39 is 0 Å². The number of hydrogen-bond acceptors (Lipinski definition) is 0. The van der Waals surface area contributed by atoms with Crippen LogP contribution in [0.4, 0.5) is 0 Å². The molecule has 0 aromatic carbocycles. The van der Waals surface area contributed by atoms with Crippen molar-refractivity contribution in [2.45, 2.75) is 310 Å². The topological polar surface area (TPSA) is 0 Å². The Morgan fingerprint density at radius 2 is 0.306 bits per heavy atom. The van der Waals surface area contributed by atoms with Gasteiger partial charge in [0.15, 0.2) is 0 Å². The molecule has 1 unspecified atom stereocenters. The summed E-state index contributed by atoms with van der Waals surface area (Å²) in [6.07, 6.45) is 66.8. The Morgan fingerprint density at radius 1 is 0.163 bits per heavy atom. The zero-order valence-corrected chi connectivity index (χ0v) is 35.4. The number of unbranched alkanes of at least 4 members (excludes halogenated alkanes) is 39. The first-order chi connectivity index (χ1) is 24.3. The maximum atomic E-state index is 2.38. The van der Waals surface area contributed by atoms with Gasteiger partial charge in [-0.15, -0.1) is 0 Å². The summed E-state index contributed by atoms with van der Waals surface area (Å²) in [4.78, 5) is 0. The predicted molar refractivity (Wildman–Crippen MR) is 228 cm³/mol. The predicted octanol–water partition coefficient (Wildman–Crippen LogP) is 19.2. The second-order valence-corrected chi connectivity index (χ2v) is 17.0. The van der Waals surface area contributed by atoms with E-state index >= 15 is 0 Å². The molecule has 0 bridgehead atoms. The maximum Gasteiger partial charge on any atom is -0.0414 e. The van der Waals surface area contributed by atoms with Crippen molar-refractivity contribution in [3.05, 3.63) is 0 Å². The van der Waals surface area contributed by atoms with Crippen molar-refractivity contribution < 1.29 is 0 Å². The zero-order chi connectivity index (χ0) is 35.4. The molecule has 0 radical (unpaired) electrons. The van der Waals surface area contributed by atoms with Gasteiger partial charge in [-0.25, -0.2) is 0 Å². The Hall–Kier alpha value is 0. The first kappa shape index (κ1) is 49.0. The van der Waals surface area contributed by atoms with E-state index in [0.717, 1.165) is 5.92 Å². The molecule has 1 atom stereocenters. The molecule has 0 aromatic rings. The maximum absolute atomic E-state index is 2.38. The van der Waals surface area contributed by atoms with Crippen molar-refractivity contribution in [1.29, 1.82) is 0 Å². The van der Waals surface area contributed by atoms with E-state index in [-0.39, 0.29) is 0 Å². The highest BCUT2D eigenvalue weighted by atomic mass is 14.1. The highest BCUT2D eigenvalue weighted by molar-refractivity contribution is 4.62. The minimum Gasteiger partial charge on any atom is -0.0654 e. The Morgan fingerprint density at radius 3 is 0.490 bits per heavy atom. The molecule has 0 heteroatoms. The van der Waals surface area contributed by atoms with Crippen LogP contribution in [-0.4, -0.2) is 0 Å². The van der Waals surface area contributed by atoms with E-state index in [2.05, 4.69) is 20.8 Å². The first-order valence-electron chi connectivity index (χ1n) is 24.3. The van der Waals surface area contributed by atoms with E-state index in [4.69, 9.17) is 0 Å².